The highest BCUT2D eigenvalue weighted by atomic mass is 16.5. The molecule has 0 aromatic heterocycles. The molecule has 2 aromatic rings. The molecule has 1 N–H and O–H groups in total. The van der Waals surface area contributed by atoms with Crippen molar-refractivity contribution in [1.29, 1.82) is 0 Å². The molecule has 1 saturated heterocycles. The van der Waals surface area contributed by atoms with Gasteiger partial charge in [0.25, 0.3) is 0 Å². The fourth-order valence-electron chi connectivity index (χ4n) is 4.09. The van der Waals surface area contributed by atoms with Gasteiger partial charge in [0, 0.05) is 12.1 Å². The molecule has 0 bridgehead atoms. The Hall–Kier alpha value is -2.33. The van der Waals surface area contributed by atoms with E-state index in [0.717, 1.165) is 30.7 Å². The number of ether oxygens (including phenoxy) is 1. The van der Waals surface area contributed by atoms with E-state index < -0.39 is 5.97 Å². The van der Waals surface area contributed by atoms with Crippen molar-refractivity contribution >= 4 is 5.97 Å². The molecule has 0 spiro atoms. The third-order valence-electron chi connectivity index (χ3n) is 5.16. The van der Waals surface area contributed by atoms with Crippen LogP contribution in [0.25, 0.3) is 0 Å². The molecule has 0 saturated carbocycles. The number of methoxy groups -OCH3 is 1. The van der Waals surface area contributed by atoms with Gasteiger partial charge in [0.1, 0.15) is 5.75 Å². The molecular formula is C22H27NO3. The van der Waals surface area contributed by atoms with Crippen LogP contribution in [0.1, 0.15) is 41.1 Å². The van der Waals surface area contributed by atoms with Crippen LogP contribution in [0.4, 0.5) is 0 Å². The smallest absolute Gasteiger partial charge is 0.307 e. The van der Waals surface area contributed by atoms with Crippen LogP contribution in [0.5, 0.6) is 5.75 Å². The largest absolute Gasteiger partial charge is 0.496 e. The van der Waals surface area contributed by atoms with Gasteiger partial charge in [-0.2, -0.15) is 0 Å². The van der Waals surface area contributed by atoms with Crippen LogP contribution in [0.15, 0.2) is 42.5 Å². The van der Waals surface area contributed by atoms with Crippen LogP contribution < -0.4 is 4.74 Å². The molecule has 2 aromatic carbocycles. The molecule has 0 aliphatic carbocycles. The quantitative estimate of drug-likeness (QED) is 0.875. The zero-order chi connectivity index (χ0) is 18.7. The number of para-hydroxylation sites is 1. The van der Waals surface area contributed by atoms with E-state index in [-0.39, 0.29) is 12.0 Å². The molecule has 2 atom stereocenters. The Kier molecular flexibility index (Phi) is 5.62. The number of rotatable bonds is 5. The fourth-order valence-corrected chi connectivity index (χ4v) is 4.09. The Morgan fingerprint density at radius 3 is 2.54 bits per heavy atom. The molecule has 0 amide bonds. The summed E-state index contributed by atoms with van der Waals surface area (Å²) in [4.78, 5) is 13.9. The maximum atomic E-state index is 11.6. The van der Waals surface area contributed by atoms with Crippen LogP contribution in [0.3, 0.4) is 0 Å². The van der Waals surface area contributed by atoms with Crippen molar-refractivity contribution in [2.24, 2.45) is 5.92 Å². The lowest BCUT2D eigenvalue weighted by molar-refractivity contribution is -0.143. The summed E-state index contributed by atoms with van der Waals surface area (Å²) >= 11 is 0. The Balaban J connectivity index is 2.08. The lowest BCUT2D eigenvalue weighted by atomic mass is 9.90. The number of aryl methyl sites for hydroxylation is 2. The Morgan fingerprint density at radius 1 is 1.19 bits per heavy atom. The number of benzene rings is 2. The minimum absolute atomic E-state index is 0.00750. The second kappa shape index (κ2) is 7.92. The first-order valence-electron chi connectivity index (χ1n) is 9.17. The summed E-state index contributed by atoms with van der Waals surface area (Å²) in [5.74, 6) is -0.171. The van der Waals surface area contributed by atoms with Crippen molar-refractivity contribution in [3.05, 3.63) is 64.7 Å². The molecule has 1 fully saturated rings. The van der Waals surface area contributed by atoms with Crippen molar-refractivity contribution in [2.75, 3.05) is 20.2 Å². The number of carboxylic acids is 1. The van der Waals surface area contributed by atoms with Gasteiger partial charge in [0.05, 0.1) is 19.1 Å². The van der Waals surface area contributed by atoms with Gasteiger partial charge >= 0.3 is 5.97 Å². The van der Waals surface area contributed by atoms with E-state index in [1.54, 1.807) is 7.11 Å². The molecule has 138 valence electrons. The number of nitrogens with zero attached hydrogens (tertiary/aromatic N) is 1. The fraction of sp³-hybridized carbons (Fsp3) is 0.409. The van der Waals surface area contributed by atoms with E-state index in [1.165, 1.54) is 16.7 Å². The first-order valence-corrected chi connectivity index (χ1v) is 9.17. The minimum Gasteiger partial charge on any atom is -0.496 e. The first-order chi connectivity index (χ1) is 12.5. The number of carboxylic acid groups (broad SMARTS) is 1. The lowest BCUT2D eigenvalue weighted by Gasteiger charge is -2.38. The monoisotopic (exact) mass is 353 g/mol. The van der Waals surface area contributed by atoms with E-state index >= 15 is 0 Å². The van der Waals surface area contributed by atoms with Crippen LogP contribution in [-0.2, 0) is 4.79 Å². The van der Waals surface area contributed by atoms with Crippen LogP contribution in [0, 0.1) is 19.8 Å². The zero-order valence-electron chi connectivity index (χ0n) is 15.7. The second-order valence-electron chi connectivity index (χ2n) is 7.24. The van der Waals surface area contributed by atoms with Gasteiger partial charge < -0.3 is 9.84 Å². The van der Waals surface area contributed by atoms with Gasteiger partial charge in [-0.1, -0.05) is 47.5 Å². The molecule has 26 heavy (non-hydrogen) atoms. The number of likely N-dealkylation sites (tertiary alicyclic amines) is 1. The second-order valence-corrected chi connectivity index (χ2v) is 7.24. The molecule has 3 rings (SSSR count). The standard InChI is InChI=1S/C22H27NO3/c1-15-11-16(2)13-18(12-15)21(19-8-4-5-9-20(19)26-3)23-10-6-7-17(14-23)22(24)25/h4-5,8-9,11-13,17,21H,6-7,10,14H2,1-3H3,(H,24,25). The number of hydrogen-bond donors (Lipinski definition) is 1. The third-order valence-corrected chi connectivity index (χ3v) is 5.16. The molecule has 0 radical (unpaired) electrons. The summed E-state index contributed by atoms with van der Waals surface area (Å²) in [5.41, 5.74) is 4.71. The van der Waals surface area contributed by atoms with E-state index in [2.05, 4.69) is 43.0 Å². The third kappa shape index (κ3) is 3.91. The molecule has 2 unspecified atom stereocenters. The SMILES string of the molecule is COc1ccccc1C(c1cc(C)cc(C)c1)N1CCCC(C(=O)O)C1. The predicted molar refractivity (Wildman–Crippen MR) is 103 cm³/mol. The topological polar surface area (TPSA) is 49.8 Å². The highest BCUT2D eigenvalue weighted by Gasteiger charge is 2.32. The summed E-state index contributed by atoms with van der Waals surface area (Å²) in [5, 5.41) is 9.52. The summed E-state index contributed by atoms with van der Waals surface area (Å²) in [6.45, 7) is 5.66. The maximum Gasteiger partial charge on any atom is 0.307 e. The summed E-state index contributed by atoms with van der Waals surface area (Å²) in [7, 11) is 1.69. The van der Waals surface area contributed by atoms with E-state index in [9.17, 15) is 9.90 Å². The zero-order valence-corrected chi connectivity index (χ0v) is 15.7. The normalized spacial score (nSPS) is 19.1. The van der Waals surface area contributed by atoms with Crippen LogP contribution >= 0.6 is 0 Å². The minimum atomic E-state index is -0.700. The maximum absolute atomic E-state index is 11.6. The van der Waals surface area contributed by atoms with E-state index in [0.29, 0.717) is 6.54 Å². The molecule has 1 aliphatic heterocycles. The average molecular weight is 353 g/mol. The van der Waals surface area contributed by atoms with Gasteiger partial charge in [-0.05, 0) is 44.9 Å². The van der Waals surface area contributed by atoms with Gasteiger partial charge in [0.15, 0.2) is 0 Å². The number of hydrogen-bond acceptors (Lipinski definition) is 3. The Morgan fingerprint density at radius 2 is 1.88 bits per heavy atom. The molecule has 4 heteroatoms. The number of carbonyl (C=O) groups is 1. The predicted octanol–water partition coefficient (Wildman–Crippen LogP) is 4.20. The Bertz CT molecular complexity index is 766. The number of aliphatic carboxylic acids is 1. The molecular weight excluding hydrogens is 326 g/mol. The van der Waals surface area contributed by atoms with Crippen LogP contribution in [0.2, 0.25) is 0 Å². The molecule has 4 nitrogen and oxygen atoms in total. The average Bonchev–Trinajstić information content (AvgIpc) is 2.62. The van der Waals surface area contributed by atoms with Crippen molar-refractivity contribution in [3.8, 4) is 5.75 Å². The van der Waals surface area contributed by atoms with Gasteiger partial charge in [-0.15, -0.1) is 0 Å². The summed E-state index contributed by atoms with van der Waals surface area (Å²) in [6, 6.07) is 14.6. The van der Waals surface area contributed by atoms with Gasteiger partial charge in [-0.3, -0.25) is 9.69 Å². The summed E-state index contributed by atoms with van der Waals surface area (Å²) < 4.78 is 5.63. The van der Waals surface area contributed by atoms with Crippen LogP contribution in [-0.4, -0.2) is 36.2 Å². The molecule has 1 heterocycles. The van der Waals surface area contributed by atoms with Gasteiger partial charge in [-0.25, -0.2) is 0 Å². The van der Waals surface area contributed by atoms with Crippen molar-refractivity contribution < 1.29 is 14.6 Å². The van der Waals surface area contributed by atoms with Crippen molar-refractivity contribution in [1.82, 2.24) is 4.90 Å². The van der Waals surface area contributed by atoms with E-state index in [1.807, 2.05) is 18.2 Å². The van der Waals surface area contributed by atoms with Crippen molar-refractivity contribution in [3.63, 3.8) is 0 Å². The number of piperidine rings is 1. The summed E-state index contributed by atoms with van der Waals surface area (Å²) in [6.07, 6.45) is 1.64. The first kappa shape index (κ1) is 18.5. The molecule has 1 aliphatic rings. The van der Waals surface area contributed by atoms with E-state index in [4.69, 9.17) is 4.74 Å². The highest BCUT2D eigenvalue weighted by Crippen LogP contribution is 2.37. The Labute approximate surface area is 155 Å². The lowest BCUT2D eigenvalue weighted by Crippen LogP contribution is -2.41. The highest BCUT2D eigenvalue weighted by molar-refractivity contribution is 5.70. The van der Waals surface area contributed by atoms with Crippen molar-refractivity contribution in [2.45, 2.75) is 32.7 Å². The van der Waals surface area contributed by atoms with Gasteiger partial charge in [0.2, 0.25) is 0 Å².